The second kappa shape index (κ2) is 37.3. The number of ether oxygens (including phenoxy) is 6. The first-order valence-corrected chi connectivity index (χ1v) is 42.2. The molecule has 0 unspecified atom stereocenters. The zero-order chi connectivity index (χ0) is 88.1. The lowest BCUT2D eigenvalue weighted by Gasteiger charge is -2.18. The Labute approximate surface area is 737 Å². The number of alkyl halides is 3. The predicted molar refractivity (Wildman–Crippen MR) is 489 cm³/mol. The summed E-state index contributed by atoms with van der Waals surface area (Å²) in [7, 11) is 4.81. The summed E-state index contributed by atoms with van der Waals surface area (Å²) in [5.74, 6) is 1.73. The van der Waals surface area contributed by atoms with Gasteiger partial charge in [-0.25, -0.2) is 15.0 Å². The molecule has 0 aliphatic carbocycles. The first-order chi connectivity index (χ1) is 61.1. The molecular weight excluding hydrogens is 1670 g/mol. The van der Waals surface area contributed by atoms with Crippen molar-refractivity contribution in [3.8, 4) is 34.5 Å². The van der Waals surface area contributed by atoms with Crippen LogP contribution in [0.5, 0.6) is 34.5 Å². The minimum atomic E-state index is -0.319. The fraction of sp³-hybridized carbons (Fsp3) is 0.219. The van der Waals surface area contributed by atoms with Gasteiger partial charge in [0.05, 0.1) is 66.2 Å². The number of aromatic nitrogens is 6. The van der Waals surface area contributed by atoms with Gasteiger partial charge in [0, 0.05) is 151 Å². The Morgan fingerprint density at radius 2 is 0.849 bits per heavy atom. The average Bonchev–Trinajstić information content (AvgIpc) is 1.59. The number of phenolic OH excluding ortho intramolecular Hbond substituents is 3. The van der Waals surface area contributed by atoms with E-state index in [4.69, 9.17) is 63.2 Å². The largest absolute Gasteiger partial charge is 0.507 e. The van der Waals surface area contributed by atoms with E-state index in [1.165, 1.54) is 6.20 Å². The minimum Gasteiger partial charge on any atom is -0.507 e. The maximum absolute atomic E-state index is 13.8. The van der Waals surface area contributed by atoms with E-state index in [1.54, 1.807) is 186 Å². The van der Waals surface area contributed by atoms with Crippen molar-refractivity contribution in [2.75, 3.05) is 129 Å². The highest BCUT2D eigenvalue weighted by Crippen LogP contribution is 2.50. The van der Waals surface area contributed by atoms with Crippen LogP contribution in [0.2, 0.25) is 0 Å². The Kier molecular flexibility index (Phi) is 25.4. The molecular formula is C96H87Cl3N12O15. The number of imidazole rings is 1. The van der Waals surface area contributed by atoms with E-state index < -0.39 is 0 Å². The molecule has 0 spiro atoms. The number of hydrogen-bond acceptors (Lipinski definition) is 18. The maximum Gasteiger partial charge on any atom is 0.278 e. The normalized spacial score (nSPS) is 14.4. The van der Waals surface area contributed by atoms with Gasteiger partial charge in [0.2, 0.25) is 0 Å². The summed E-state index contributed by atoms with van der Waals surface area (Å²) in [5, 5.41) is 47.4. The standard InChI is InChI=1S/3C32H29ClN4O5/c1-19-4-3-5-24-27(38)14-26-30(29(19)24)21(15-33)16-37(26)32(40)25-18-36-17-22(8-11-28(36)35-25)34-31(39)20-6-9-23(10-7-20)42-13-12-41-2;1-18-4-3-5-24-27(38)14-26-29(28(18)24)21(15-33)17-37(26)32(40)25-13-20-12-22(16-34-30(20)36-25)35-31(39)19-6-8-23(9-7-19)42-11-10-41-2;1-18-4-3-5-23-27(38)14-26-30(29(18)23)21(15-33)17-37(26)32(40)24-12-20-13-28(34-16-25(20)35-24)36-31(39)19-6-8-22(9-7-19)42-11-10-41-2/h3-11,14,17-18,21,38H,12-13,15-16H2,1-2H3,(H,34,39);3-9,12-14,16,21,38H,10-11,15,17H2,1-2H3,(H,34,36)(H,35,39);3-9,12-14,16,21,35,38H,10-11,15,17H2,1-2H3,(H,34,36,39)/t3*21-/m111/s1. The van der Waals surface area contributed by atoms with E-state index in [2.05, 4.69) is 40.9 Å². The summed E-state index contributed by atoms with van der Waals surface area (Å²) in [6.07, 6.45) is 6.46. The van der Waals surface area contributed by atoms with Gasteiger partial charge >= 0.3 is 0 Å². The topological polar surface area (TPSA) is 339 Å². The summed E-state index contributed by atoms with van der Waals surface area (Å²) >= 11 is 19.1. The number of phenols is 3. The van der Waals surface area contributed by atoms with Gasteiger partial charge in [-0.1, -0.05) is 54.6 Å². The molecule has 3 atom stereocenters. The molecule has 0 radical (unpaired) electrons. The van der Waals surface area contributed by atoms with Crippen LogP contribution in [-0.2, 0) is 14.2 Å². The number of H-pyrrole nitrogens is 2. The Morgan fingerprint density at radius 1 is 0.437 bits per heavy atom. The fourth-order valence-electron chi connectivity index (χ4n) is 16.5. The first kappa shape index (κ1) is 85.7. The van der Waals surface area contributed by atoms with Crippen LogP contribution in [0.25, 0.3) is 59.9 Å². The van der Waals surface area contributed by atoms with Gasteiger partial charge in [-0.05, 0) is 180 Å². The molecule has 0 saturated carbocycles. The van der Waals surface area contributed by atoms with Gasteiger partial charge in [0.15, 0.2) is 0 Å². The molecule has 0 saturated heterocycles. The molecule has 27 nitrogen and oxygen atoms in total. The van der Waals surface area contributed by atoms with Gasteiger partial charge in [-0.2, -0.15) is 0 Å². The Morgan fingerprint density at radius 3 is 1.29 bits per heavy atom. The van der Waals surface area contributed by atoms with Crippen LogP contribution < -0.4 is 44.9 Å². The number of benzene rings is 9. The number of anilines is 6. The molecule has 6 amide bonds. The number of fused-ring (bicyclic) bond motifs is 12. The summed E-state index contributed by atoms with van der Waals surface area (Å²) < 4.78 is 33.3. The number of methoxy groups -OCH3 is 3. The molecule has 126 heavy (non-hydrogen) atoms. The highest BCUT2D eigenvalue weighted by atomic mass is 35.5. The van der Waals surface area contributed by atoms with Crippen molar-refractivity contribution in [1.29, 1.82) is 0 Å². The number of halogens is 3. The molecule has 0 bridgehead atoms. The summed E-state index contributed by atoms with van der Waals surface area (Å²) in [4.78, 5) is 104. The lowest BCUT2D eigenvalue weighted by atomic mass is 9.92. The number of rotatable bonds is 24. The second-order valence-electron chi connectivity index (χ2n) is 30.7. The summed E-state index contributed by atoms with van der Waals surface area (Å²) in [6.45, 7) is 9.85. The van der Waals surface area contributed by atoms with E-state index in [0.29, 0.717) is 179 Å². The third kappa shape index (κ3) is 17.5. The van der Waals surface area contributed by atoms with Crippen molar-refractivity contribution >= 4 is 164 Å². The zero-order valence-corrected chi connectivity index (χ0v) is 71.6. The average molecular weight is 1760 g/mol. The van der Waals surface area contributed by atoms with Crippen LogP contribution in [0.15, 0.2) is 207 Å². The van der Waals surface area contributed by atoms with Crippen molar-refractivity contribution in [1.82, 2.24) is 29.3 Å². The highest BCUT2D eigenvalue weighted by Gasteiger charge is 2.40. The fourth-order valence-corrected chi connectivity index (χ4v) is 17.2. The maximum atomic E-state index is 13.8. The van der Waals surface area contributed by atoms with Crippen LogP contribution in [0.4, 0.5) is 34.3 Å². The van der Waals surface area contributed by atoms with Crippen molar-refractivity contribution in [2.45, 2.75) is 38.5 Å². The molecule has 30 heteroatoms. The molecule has 3 aliphatic heterocycles. The molecule has 18 rings (SSSR count). The number of nitrogens with one attached hydrogen (secondary N) is 5. The number of carbonyl (C=O) groups is 6. The van der Waals surface area contributed by atoms with E-state index >= 15 is 0 Å². The molecule has 642 valence electrons. The highest BCUT2D eigenvalue weighted by molar-refractivity contribution is 6.21. The quantitative estimate of drug-likeness (QED) is 0.0206. The van der Waals surface area contributed by atoms with Crippen LogP contribution in [0.1, 0.15) is 114 Å². The number of hydrogen-bond donors (Lipinski definition) is 8. The molecule has 8 N–H and O–H groups in total. The number of aryl methyl sites for hydroxylation is 3. The molecule has 9 aromatic carbocycles. The van der Waals surface area contributed by atoms with Gasteiger partial charge in [-0.15, -0.1) is 34.8 Å². The summed E-state index contributed by atoms with van der Waals surface area (Å²) in [5.41, 5.74) is 13.0. The Balaban J connectivity index is 0.000000139. The molecule has 6 aromatic heterocycles. The third-order valence-electron chi connectivity index (χ3n) is 22.6. The molecule has 15 aromatic rings. The number of nitrogens with zero attached hydrogens (tertiary/aromatic N) is 7. The van der Waals surface area contributed by atoms with Crippen LogP contribution in [0, 0.1) is 20.8 Å². The molecule has 0 fully saturated rings. The van der Waals surface area contributed by atoms with Crippen molar-refractivity contribution in [3.05, 3.63) is 274 Å². The lowest BCUT2D eigenvalue weighted by molar-refractivity contribution is 0.0976. The van der Waals surface area contributed by atoms with E-state index in [-0.39, 0.29) is 76.1 Å². The minimum absolute atomic E-state index is 0.0753. The SMILES string of the molecule is COCCOc1ccc(C(=O)Nc2cc3cc(C(=O)N4C[C@@H](CCl)c5c4cc(O)c4cccc(C)c54)[nH]c3cn2)cc1.COCCOc1ccc(C(=O)Nc2ccc3nc(C(=O)N4C[C@@H](CCl)c5c4cc(O)c4cccc(C)c54)cn3c2)cc1.COCCOc1ccc(C(=O)Nc2cnc3[nH]c(C(=O)N4C[C@@H](CCl)c5c4cc(O)c4cccc(C)c54)cc3c2)cc1. The van der Waals surface area contributed by atoms with Gasteiger partial charge in [0.1, 0.15) is 88.5 Å². The smallest absolute Gasteiger partial charge is 0.278 e. The number of amides is 6. The molecule has 3 aliphatic rings. The Bertz CT molecular complexity index is 6090. The van der Waals surface area contributed by atoms with E-state index in [1.807, 2.05) is 75.4 Å². The van der Waals surface area contributed by atoms with Crippen LogP contribution >= 0.6 is 34.8 Å². The number of pyridine rings is 3. The second-order valence-corrected chi connectivity index (χ2v) is 31.7. The van der Waals surface area contributed by atoms with Crippen LogP contribution in [-0.4, -0.2) is 178 Å². The Hall–Kier alpha value is -13.8. The van der Waals surface area contributed by atoms with Gasteiger partial charge in [0.25, 0.3) is 35.4 Å². The lowest BCUT2D eigenvalue weighted by Crippen LogP contribution is -2.30. The predicted octanol–water partition coefficient (Wildman–Crippen LogP) is 17.7. The van der Waals surface area contributed by atoms with Crippen molar-refractivity contribution < 1.29 is 72.5 Å². The third-order valence-corrected chi connectivity index (χ3v) is 23.7. The molecule has 9 heterocycles. The zero-order valence-electron chi connectivity index (χ0n) is 69.4. The summed E-state index contributed by atoms with van der Waals surface area (Å²) in [6, 6.07) is 53.1. The van der Waals surface area contributed by atoms with Crippen LogP contribution in [0.3, 0.4) is 0 Å². The van der Waals surface area contributed by atoms with E-state index in [9.17, 15) is 44.1 Å². The van der Waals surface area contributed by atoms with Gasteiger partial charge in [-0.3, -0.25) is 28.8 Å². The number of aromatic amines is 2. The first-order valence-electron chi connectivity index (χ1n) is 40.6. The van der Waals surface area contributed by atoms with Crippen molar-refractivity contribution in [2.24, 2.45) is 0 Å². The number of carbonyl (C=O) groups excluding carboxylic acids is 6. The van der Waals surface area contributed by atoms with Gasteiger partial charge < -0.3 is 88.8 Å². The van der Waals surface area contributed by atoms with Crippen molar-refractivity contribution in [3.63, 3.8) is 0 Å². The van der Waals surface area contributed by atoms with E-state index in [0.717, 1.165) is 71.1 Å². The monoisotopic (exact) mass is 1750 g/mol. The number of aromatic hydroxyl groups is 3.